The fourth-order valence-electron chi connectivity index (χ4n) is 4.76. The minimum absolute atomic E-state index is 0.221. The Bertz CT molecular complexity index is 422. The molecular formula is C19H36N4O. The first-order chi connectivity index (χ1) is 11.6. The highest BCUT2D eigenvalue weighted by Crippen LogP contribution is 2.37. The van der Waals surface area contributed by atoms with E-state index in [1.165, 1.54) is 58.7 Å². The number of carbonyl (C=O) groups is 1. The average Bonchev–Trinajstić information content (AvgIpc) is 3.19. The molecule has 2 aliphatic heterocycles. The van der Waals surface area contributed by atoms with Gasteiger partial charge in [0.15, 0.2) is 0 Å². The van der Waals surface area contributed by atoms with Crippen molar-refractivity contribution in [2.75, 3.05) is 45.8 Å². The number of hydrogen-bond donors (Lipinski definition) is 1. The van der Waals surface area contributed by atoms with Crippen LogP contribution in [0.1, 0.15) is 46.5 Å². The Morgan fingerprint density at radius 2 is 1.88 bits per heavy atom. The molecule has 1 aliphatic carbocycles. The third kappa shape index (κ3) is 4.12. The molecule has 0 radical (unpaired) electrons. The van der Waals surface area contributed by atoms with Gasteiger partial charge in [0.05, 0.1) is 0 Å². The molecule has 0 aromatic carbocycles. The van der Waals surface area contributed by atoms with Gasteiger partial charge >= 0.3 is 0 Å². The van der Waals surface area contributed by atoms with Crippen LogP contribution in [-0.4, -0.2) is 84.5 Å². The van der Waals surface area contributed by atoms with Crippen molar-refractivity contribution < 1.29 is 4.79 Å². The van der Waals surface area contributed by atoms with E-state index >= 15 is 0 Å². The van der Waals surface area contributed by atoms with Gasteiger partial charge in [-0.05, 0) is 32.1 Å². The molecule has 3 aliphatic rings. The lowest BCUT2D eigenvalue weighted by atomic mass is 10.0. The second-order valence-electron chi connectivity index (χ2n) is 8.04. The number of piperazine rings is 1. The van der Waals surface area contributed by atoms with Crippen LogP contribution < -0.4 is 5.32 Å². The molecule has 138 valence electrons. The van der Waals surface area contributed by atoms with E-state index in [1.54, 1.807) is 0 Å². The maximum Gasteiger partial charge on any atom is 0.219 e. The summed E-state index contributed by atoms with van der Waals surface area (Å²) in [7, 11) is 0. The van der Waals surface area contributed by atoms with Gasteiger partial charge in [-0.15, -0.1) is 0 Å². The van der Waals surface area contributed by atoms with E-state index in [4.69, 9.17) is 0 Å². The number of rotatable bonds is 7. The van der Waals surface area contributed by atoms with Crippen LogP contribution in [0.2, 0.25) is 0 Å². The summed E-state index contributed by atoms with van der Waals surface area (Å²) in [5.41, 5.74) is 0. The third-order valence-electron chi connectivity index (χ3n) is 6.65. The van der Waals surface area contributed by atoms with E-state index in [-0.39, 0.29) is 5.91 Å². The van der Waals surface area contributed by atoms with Gasteiger partial charge in [-0.3, -0.25) is 19.5 Å². The van der Waals surface area contributed by atoms with Crippen molar-refractivity contribution in [3.8, 4) is 0 Å². The number of carbonyl (C=O) groups excluding carboxylic acids is 1. The summed E-state index contributed by atoms with van der Waals surface area (Å²) in [5, 5.41) is 3.23. The second-order valence-corrected chi connectivity index (χ2v) is 8.04. The summed E-state index contributed by atoms with van der Waals surface area (Å²) in [6.45, 7) is 15.1. The van der Waals surface area contributed by atoms with Crippen LogP contribution in [0.15, 0.2) is 0 Å². The van der Waals surface area contributed by atoms with Crippen LogP contribution in [0.4, 0.5) is 0 Å². The largest absolute Gasteiger partial charge is 0.353 e. The van der Waals surface area contributed by atoms with Crippen LogP contribution in [-0.2, 0) is 4.79 Å². The molecule has 2 saturated heterocycles. The Kier molecular flexibility index (Phi) is 6.17. The number of nitrogens with one attached hydrogen (secondary N) is 1. The maximum absolute atomic E-state index is 11.6. The van der Waals surface area contributed by atoms with Gasteiger partial charge in [0.2, 0.25) is 5.91 Å². The molecule has 5 nitrogen and oxygen atoms in total. The van der Waals surface area contributed by atoms with Gasteiger partial charge in [-0.2, -0.15) is 0 Å². The molecule has 5 heteroatoms. The highest BCUT2D eigenvalue weighted by atomic mass is 16.1. The number of hydrogen-bond acceptors (Lipinski definition) is 4. The Labute approximate surface area is 147 Å². The first-order valence-corrected chi connectivity index (χ1v) is 10.1. The fourth-order valence-corrected chi connectivity index (χ4v) is 4.76. The molecule has 24 heavy (non-hydrogen) atoms. The monoisotopic (exact) mass is 336 g/mol. The van der Waals surface area contributed by atoms with Gasteiger partial charge < -0.3 is 5.32 Å². The molecule has 2 heterocycles. The van der Waals surface area contributed by atoms with E-state index in [1.807, 2.05) is 6.92 Å². The molecule has 1 amide bonds. The van der Waals surface area contributed by atoms with Crippen molar-refractivity contribution in [1.29, 1.82) is 0 Å². The van der Waals surface area contributed by atoms with Crippen molar-refractivity contribution in [2.45, 2.75) is 64.6 Å². The first kappa shape index (κ1) is 18.2. The minimum Gasteiger partial charge on any atom is -0.353 e. The third-order valence-corrected chi connectivity index (χ3v) is 6.65. The van der Waals surface area contributed by atoms with Gasteiger partial charge in [-0.1, -0.05) is 13.8 Å². The fraction of sp³-hybridized carbons (Fsp3) is 0.947. The predicted molar refractivity (Wildman–Crippen MR) is 98.1 cm³/mol. The van der Waals surface area contributed by atoms with Crippen molar-refractivity contribution in [3.63, 3.8) is 0 Å². The molecule has 3 fully saturated rings. The van der Waals surface area contributed by atoms with E-state index in [2.05, 4.69) is 33.9 Å². The van der Waals surface area contributed by atoms with Crippen LogP contribution in [0, 0.1) is 5.92 Å². The van der Waals surface area contributed by atoms with Crippen molar-refractivity contribution >= 4 is 5.91 Å². The molecule has 0 aromatic rings. The smallest absolute Gasteiger partial charge is 0.219 e. The van der Waals surface area contributed by atoms with Gasteiger partial charge in [0.1, 0.15) is 0 Å². The number of amides is 1. The van der Waals surface area contributed by atoms with E-state index in [9.17, 15) is 4.79 Å². The Balaban J connectivity index is 1.36. The highest BCUT2D eigenvalue weighted by Gasteiger charge is 2.44. The summed E-state index contributed by atoms with van der Waals surface area (Å²) in [5.74, 6) is 0.908. The normalized spacial score (nSPS) is 33.0. The van der Waals surface area contributed by atoms with Gasteiger partial charge in [-0.25, -0.2) is 0 Å². The zero-order valence-corrected chi connectivity index (χ0v) is 15.8. The molecular weight excluding hydrogens is 300 g/mol. The van der Waals surface area contributed by atoms with Crippen LogP contribution in [0.5, 0.6) is 0 Å². The molecule has 0 aromatic heterocycles. The van der Waals surface area contributed by atoms with Gasteiger partial charge in [0, 0.05) is 70.4 Å². The summed E-state index contributed by atoms with van der Waals surface area (Å²) in [4.78, 5) is 19.6. The summed E-state index contributed by atoms with van der Waals surface area (Å²) in [6, 6.07) is 1.88. The SMILES string of the molecule is CCC(=O)NC1CC2CC1CN2CCN1CCN(C(C)CC)CC1. The lowest BCUT2D eigenvalue weighted by Gasteiger charge is -2.39. The Hall–Kier alpha value is -0.650. The molecule has 2 bridgehead atoms. The van der Waals surface area contributed by atoms with Crippen molar-refractivity contribution in [3.05, 3.63) is 0 Å². The molecule has 1 saturated carbocycles. The predicted octanol–water partition coefficient (Wildman–Crippen LogP) is 1.39. The number of piperidine rings is 1. The number of fused-ring (bicyclic) bond motifs is 2. The van der Waals surface area contributed by atoms with Gasteiger partial charge in [0.25, 0.3) is 0 Å². The zero-order chi connectivity index (χ0) is 17.1. The standard InChI is InChI=1S/C19H36N4O/c1-4-15(3)22-9-6-21(7-10-22)8-11-23-14-16-12-17(23)13-18(16)20-19(24)5-2/h15-18H,4-14H2,1-3H3,(H,20,24). The number of nitrogens with zero attached hydrogens (tertiary/aromatic N) is 3. The molecule has 4 atom stereocenters. The zero-order valence-electron chi connectivity index (χ0n) is 15.8. The Morgan fingerprint density at radius 3 is 2.46 bits per heavy atom. The van der Waals surface area contributed by atoms with Crippen LogP contribution in [0.3, 0.4) is 0 Å². The van der Waals surface area contributed by atoms with E-state index in [0.717, 1.165) is 12.5 Å². The average molecular weight is 337 g/mol. The molecule has 0 spiro atoms. The molecule has 3 rings (SSSR count). The number of likely N-dealkylation sites (tertiary alicyclic amines) is 1. The minimum atomic E-state index is 0.221. The highest BCUT2D eigenvalue weighted by molar-refractivity contribution is 5.75. The summed E-state index contributed by atoms with van der Waals surface area (Å²) >= 11 is 0. The molecule has 1 N–H and O–H groups in total. The Morgan fingerprint density at radius 1 is 1.12 bits per heavy atom. The van der Waals surface area contributed by atoms with Crippen LogP contribution in [0.25, 0.3) is 0 Å². The lowest BCUT2D eigenvalue weighted by molar-refractivity contribution is -0.121. The van der Waals surface area contributed by atoms with Crippen molar-refractivity contribution in [1.82, 2.24) is 20.0 Å². The van der Waals surface area contributed by atoms with E-state index in [0.29, 0.717) is 24.4 Å². The maximum atomic E-state index is 11.6. The molecule has 4 unspecified atom stereocenters. The summed E-state index contributed by atoms with van der Waals surface area (Å²) < 4.78 is 0. The van der Waals surface area contributed by atoms with E-state index < -0.39 is 0 Å². The quantitative estimate of drug-likeness (QED) is 0.763. The second kappa shape index (κ2) is 8.15. The first-order valence-electron chi connectivity index (χ1n) is 10.1. The topological polar surface area (TPSA) is 38.8 Å². The lowest BCUT2D eigenvalue weighted by Crippen LogP contribution is -2.52. The van der Waals surface area contributed by atoms with Crippen molar-refractivity contribution in [2.24, 2.45) is 5.92 Å². The van der Waals surface area contributed by atoms with Crippen LogP contribution >= 0.6 is 0 Å². The summed E-state index contributed by atoms with van der Waals surface area (Å²) in [6.07, 6.45) is 4.32.